The molecule has 0 saturated carbocycles. The summed E-state index contributed by atoms with van der Waals surface area (Å²) in [5, 5.41) is 33.7. The number of ether oxygens (including phenoxy) is 1. The van der Waals surface area contributed by atoms with Gasteiger partial charge in [-0.25, -0.2) is 9.59 Å². The van der Waals surface area contributed by atoms with Gasteiger partial charge in [0.1, 0.15) is 11.5 Å². The Morgan fingerprint density at radius 1 is 0.610 bits per heavy atom. The van der Waals surface area contributed by atoms with Crippen molar-refractivity contribution in [1.29, 1.82) is 0 Å². The van der Waals surface area contributed by atoms with Crippen LogP contribution >= 0.6 is 0 Å². The number of phenolic OH excluding ortho intramolecular Hbond substituents is 1. The highest BCUT2D eigenvalue weighted by atomic mass is 16.5. The summed E-state index contributed by atoms with van der Waals surface area (Å²) in [5.41, 5.74) is 0.293. The molecule has 11 nitrogen and oxygen atoms in total. The monoisotopic (exact) mass is 554 g/mol. The highest BCUT2D eigenvalue weighted by molar-refractivity contribution is 6.16. The highest BCUT2D eigenvalue weighted by Gasteiger charge is 2.21. The van der Waals surface area contributed by atoms with Crippen LogP contribution in [-0.2, 0) is 4.79 Å². The van der Waals surface area contributed by atoms with Crippen LogP contribution in [0.1, 0.15) is 48.4 Å². The van der Waals surface area contributed by atoms with Gasteiger partial charge in [-0.05, 0) is 71.8 Å². The van der Waals surface area contributed by atoms with Crippen molar-refractivity contribution >= 4 is 41.1 Å². The number of aromatic hydroxyl groups is 1. The molecule has 0 aliphatic heterocycles. The maximum Gasteiger partial charge on any atom is 0.336 e. The number of rotatable bonds is 8. The molecular formula is C30H22N2O9. The van der Waals surface area contributed by atoms with Crippen LogP contribution in [-0.4, -0.2) is 45.0 Å². The maximum absolute atomic E-state index is 13.4. The van der Waals surface area contributed by atoms with Gasteiger partial charge in [-0.1, -0.05) is 18.2 Å². The van der Waals surface area contributed by atoms with Crippen LogP contribution < -0.4 is 15.4 Å². The molecule has 0 saturated heterocycles. The molecule has 4 aromatic carbocycles. The average Bonchev–Trinajstić information content (AvgIpc) is 2.93. The highest BCUT2D eigenvalue weighted by Crippen LogP contribution is 2.27. The number of carbonyl (C=O) groups is 5. The average molecular weight is 555 g/mol. The molecule has 0 atom stereocenters. The van der Waals surface area contributed by atoms with E-state index in [-0.39, 0.29) is 28.3 Å². The largest absolute Gasteiger partial charge is 0.508 e. The number of phenols is 1. The fourth-order valence-electron chi connectivity index (χ4n) is 3.94. The Labute approximate surface area is 232 Å². The van der Waals surface area contributed by atoms with Gasteiger partial charge in [0.15, 0.2) is 0 Å². The third-order valence-corrected chi connectivity index (χ3v) is 5.80. The van der Waals surface area contributed by atoms with Crippen molar-refractivity contribution in [3.8, 4) is 22.6 Å². The summed E-state index contributed by atoms with van der Waals surface area (Å²) in [6, 6.07) is 19.7. The smallest absolute Gasteiger partial charge is 0.336 e. The molecule has 5 N–H and O–H groups in total. The molecule has 0 radical (unpaired) electrons. The molecule has 206 valence electrons. The number of aromatic carboxylic acids is 2. The van der Waals surface area contributed by atoms with Gasteiger partial charge in [0, 0.05) is 24.4 Å². The third kappa shape index (κ3) is 6.73. The Hall–Kier alpha value is -5.97. The Bertz CT molecular complexity index is 1690. The molecule has 4 rings (SSSR count). The zero-order chi connectivity index (χ0) is 29.7. The SMILES string of the molecule is CC(=O)Oc1cccc(NC(=O)c2ccc(-c3ccc(C(=O)O)c(C(=O)O)c3)cc2C(=O)Nc2ccc(O)cc2)c1. The molecule has 0 aliphatic carbocycles. The first-order valence-corrected chi connectivity index (χ1v) is 12.0. The molecular weight excluding hydrogens is 532 g/mol. The van der Waals surface area contributed by atoms with E-state index in [0.29, 0.717) is 16.8 Å². The Morgan fingerprint density at radius 2 is 1.17 bits per heavy atom. The molecule has 0 aliphatic rings. The lowest BCUT2D eigenvalue weighted by Crippen LogP contribution is -2.20. The summed E-state index contributed by atoms with van der Waals surface area (Å²) < 4.78 is 5.04. The summed E-state index contributed by atoms with van der Waals surface area (Å²) in [6.07, 6.45) is 0. The zero-order valence-electron chi connectivity index (χ0n) is 21.4. The number of esters is 1. The topological polar surface area (TPSA) is 179 Å². The van der Waals surface area contributed by atoms with E-state index in [1.54, 1.807) is 12.1 Å². The van der Waals surface area contributed by atoms with Crippen molar-refractivity contribution in [1.82, 2.24) is 0 Å². The molecule has 11 heteroatoms. The first-order valence-electron chi connectivity index (χ1n) is 12.0. The van der Waals surface area contributed by atoms with E-state index >= 15 is 0 Å². The van der Waals surface area contributed by atoms with Crippen molar-refractivity contribution in [2.75, 3.05) is 10.6 Å². The molecule has 0 spiro atoms. The van der Waals surface area contributed by atoms with E-state index in [2.05, 4.69) is 10.6 Å². The lowest BCUT2D eigenvalue weighted by molar-refractivity contribution is -0.131. The minimum atomic E-state index is -1.44. The summed E-state index contributed by atoms with van der Waals surface area (Å²) in [7, 11) is 0. The second-order valence-corrected chi connectivity index (χ2v) is 8.71. The van der Waals surface area contributed by atoms with Gasteiger partial charge in [-0.15, -0.1) is 0 Å². The number of hydrogen-bond donors (Lipinski definition) is 5. The van der Waals surface area contributed by atoms with E-state index in [0.717, 1.165) is 6.07 Å². The molecule has 0 aromatic heterocycles. The lowest BCUT2D eigenvalue weighted by Gasteiger charge is -2.14. The Kier molecular flexibility index (Phi) is 8.09. The molecule has 0 fully saturated rings. The molecule has 0 bridgehead atoms. The van der Waals surface area contributed by atoms with E-state index in [9.17, 15) is 39.3 Å². The number of carboxylic acid groups (broad SMARTS) is 2. The fraction of sp³-hybridized carbons (Fsp3) is 0.0333. The van der Waals surface area contributed by atoms with Gasteiger partial charge >= 0.3 is 17.9 Å². The number of carbonyl (C=O) groups excluding carboxylic acids is 3. The molecule has 41 heavy (non-hydrogen) atoms. The summed E-state index contributed by atoms with van der Waals surface area (Å²) in [5.74, 6) is -4.55. The van der Waals surface area contributed by atoms with Crippen LogP contribution in [0.15, 0.2) is 84.9 Å². The number of carboxylic acids is 2. The van der Waals surface area contributed by atoms with Crippen molar-refractivity contribution in [3.63, 3.8) is 0 Å². The van der Waals surface area contributed by atoms with Crippen LogP contribution in [0.25, 0.3) is 11.1 Å². The molecule has 0 heterocycles. The van der Waals surface area contributed by atoms with Gasteiger partial charge in [-0.3, -0.25) is 14.4 Å². The van der Waals surface area contributed by atoms with E-state index < -0.39 is 40.8 Å². The first kappa shape index (κ1) is 28.0. The predicted octanol–water partition coefficient (Wildman–Crippen LogP) is 4.89. The van der Waals surface area contributed by atoms with Gasteiger partial charge in [0.2, 0.25) is 0 Å². The number of anilines is 2. The molecule has 4 aromatic rings. The third-order valence-electron chi connectivity index (χ3n) is 5.80. The van der Waals surface area contributed by atoms with Crippen molar-refractivity contribution in [2.45, 2.75) is 6.92 Å². The van der Waals surface area contributed by atoms with Crippen LogP contribution in [0.5, 0.6) is 11.5 Å². The standard InChI is InChI=1S/C30H22N2O9/c1-16(33)41-22-4-2-3-20(15-22)32-27(35)23-11-5-17(18-6-12-24(29(37)38)26(14-18)30(39)40)13-25(23)28(36)31-19-7-9-21(34)10-8-19/h2-15,34H,1H3,(H,31,36)(H,32,35)(H,37,38)(H,39,40). The number of amides is 2. The quantitative estimate of drug-likeness (QED) is 0.115. The predicted molar refractivity (Wildman–Crippen MR) is 148 cm³/mol. The first-order chi connectivity index (χ1) is 19.5. The van der Waals surface area contributed by atoms with Gasteiger partial charge in [-0.2, -0.15) is 0 Å². The van der Waals surface area contributed by atoms with Crippen LogP contribution in [0.2, 0.25) is 0 Å². The second-order valence-electron chi connectivity index (χ2n) is 8.71. The fourth-order valence-corrected chi connectivity index (χ4v) is 3.94. The van der Waals surface area contributed by atoms with Crippen molar-refractivity contribution in [3.05, 3.63) is 107 Å². The Morgan fingerprint density at radius 3 is 1.78 bits per heavy atom. The maximum atomic E-state index is 13.4. The zero-order valence-corrected chi connectivity index (χ0v) is 21.4. The van der Waals surface area contributed by atoms with Crippen LogP contribution in [0.4, 0.5) is 11.4 Å². The van der Waals surface area contributed by atoms with Crippen LogP contribution in [0.3, 0.4) is 0 Å². The minimum absolute atomic E-state index is 0.0138. The van der Waals surface area contributed by atoms with E-state index in [1.165, 1.54) is 73.7 Å². The summed E-state index contributed by atoms with van der Waals surface area (Å²) >= 11 is 0. The second kappa shape index (κ2) is 11.8. The Balaban J connectivity index is 1.75. The molecule has 2 amide bonds. The summed E-state index contributed by atoms with van der Waals surface area (Å²) in [6.45, 7) is 1.24. The lowest BCUT2D eigenvalue weighted by atomic mass is 9.95. The minimum Gasteiger partial charge on any atom is -0.508 e. The van der Waals surface area contributed by atoms with Gasteiger partial charge < -0.3 is 30.7 Å². The van der Waals surface area contributed by atoms with Crippen molar-refractivity contribution < 1.29 is 44.0 Å². The van der Waals surface area contributed by atoms with E-state index in [4.69, 9.17) is 4.74 Å². The van der Waals surface area contributed by atoms with Gasteiger partial charge in [0.05, 0.1) is 22.3 Å². The number of hydrogen-bond acceptors (Lipinski definition) is 7. The number of nitrogens with one attached hydrogen (secondary N) is 2. The van der Waals surface area contributed by atoms with Crippen LogP contribution in [0, 0.1) is 0 Å². The molecule has 0 unspecified atom stereocenters. The number of benzene rings is 4. The van der Waals surface area contributed by atoms with Crippen molar-refractivity contribution in [2.24, 2.45) is 0 Å². The van der Waals surface area contributed by atoms with E-state index in [1.807, 2.05) is 0 Å². The summed E-state index contributed by atoms with van der Waals surface area (Å²) in [4.78, 5) is 61.1. The normalized spacial score (nSPS) is 10.4. The van der Waals surface area contributed by atoms with Gasteiger partial charge in [0.25, 0.3) is 11.8 Å².